The molecule has 1 amide bonds. The summed E-state index contributed by atoms with van der Waals surface area (Å²) in [5, 5.41) is 3.49. The monoisotopic (exact) mass is 358 g/mol. The molecule has 2 aromatic carbocycles. The average Bonchev–Trinajstić information content (AvgIpc) is 3.42. The second-order valence-corrected chi connectivity index (χ2v) is 6.92. The number of amides is 1. The number of halogens is 1. The summed E-state index contributed by atoms with van der Waals surface area (Å²) in [6.07, 6.45) is 2.30. The summed E-state index contributed by atoms with van der Waals surface area (Å²) in [6.45, 7) is 3.09. The number of ether oxygens (including phenoxy) is 1. The van der Waals surface area contributed by atoms with E-state index in [0.717, 1.165) is 30.7 Å². The summed E-state index contributed by atoms with van der Waals surface area (Å²) >= 11 is 6.20. The second-order valence-electron chi connectivity index (χ2n) is 6.52. The number of nitrogens with zero attached hydrogens (tertiary/aromatic N) is 1. The van der Waals surface area contributed by atoms with E-state index in [1.165, 1.54) is 5.56 Å². The highest BCUT2D eigenvalue weighted by Gasteiger charge is 2.30. The van der Waals surface area contributed by atoms with Crippen molar-refractivity contribution in [2.45, 2.75) is 32.4 Å². The van der Waals surface area contributed by atoms with E-state index in [1.54, 1.807) is 7.11 Å². The fourth-order valence-electron chi connectivity index (χ4n) is 2.81. The standard InChI is InChI=1S/C20H23ClN2O2/c1-14-3-10-19(18(21)11-14)22-20(24)13-23(16-6-7-16)12-15-4-8-17(25-2)9-5-15/h3-5,8-11,16H,6-7,12-13H2,1-2H3,(H,22,24). The summed E-state index contributed by atoms with van der Waals surface area (Å²) in [7, 11) is 1.66. The first-order valence-corrected chi connectivity index (χ1v) is 8.86. The molecule has 0 spiro atoms. The topological polar surface area (TPSA) is 41.6 Å². The van der Waals surface area contributed by atoms with E-state index < -0.39 is 0 Å². The van der Waals surface area contributed by atoms with Gasteiger partial charge in [-0.25, -0.2) is 0 Å². The molecule has 1 aliphatic rings. The Hall–Kier alpha value is -2.04. The highest BCUT2D eigenvalue weighted by Crippen LogP contribution is 2.29. The Kier molecular flexibility index (Phi) is 5.61. The molecular weight excluding hydrogens is 336 g/mol. The Labute approximate surface area is 153 Å². The molecule has 0 bridgehead atoms. The number of nitrogens with one attached hydrogen (secondary N) is 1. The van der Waals surface area contributed by atoms with Crippen molar-refractivity contribution in [2.75, 3.05) is 19.0 Å². The highest BCUT2D eigenvalue weighted by molar-refractivity contribution is 6.33. The quantitative estimate of drug-likeness (QED) is 0.804. The Morgan fingerprint density at radius 2 is 1.96 bits per heavy atom. The van der Waals surface area contributed by atoms with Gasteiger partial charge in [-0.05, 0) is 55.2 Å². The molecule has 25 heavy (non-hydrogen) atoms. The number of aryl methyl sites for hydroxylation is 1. The number of carbonyl (C=O) groups is 1. The van der Waals surface area contributed by atoms with E-state index in [2.05, 4.69) is 10.2 Å². The molecule has 132 valence electrons. The molecule has 0 heterocycles. The molecule has 1 aliphatic carbocycles. The molecule has 3 rings (SSSR count). The summed E-state index contributed by atoms with van der Waals surface area (Å²) in [5.41, 5.74) is 2.91. The average molecular weight is 359 g/mol. The van der Waals surface area contributed by atoms with Crippen molar-refractivity contribution in [1.29, 1.82) is 0 Å². The van der Waals surface area contributed by atoms with Crippen LogP contribution < -0.4 is 10.1 Å². The Morgan fingerprint density at radius 1 is 1.24 bits per heavy atom. The van der Waals surface area contributed by atoms with Crippen molar-refractivity contribution in [2.24, 2.45) is 0 Å². The number of hydrogen-bond acceptors (Lipinski definition) is 3. The van der Waals surface area contributed by atoms with Crippen LogP contribution >= 0.6 is 11.6 Å². The van der Waals surface area contributed by atoms with E-state index >= 15 is 0 Å². The predicted octanol–water partition coefficient (Wildman–Crippen LogP) is 4.26. The van der Waals surface area contributed by atoms with Crippen molar-refractivity contribution in [3.05, 3.63) is 58.6 Å². The third-order valence-corrected chi connectivity index (χ3v) is 4.67. The minimum Gasteiger partial charge on any atom is -0.497 e. The van der Waals surface area contributed by atoms with E-state index in [9.17, 15) is 4.79 Å². The van der Waals surface area contributed by atoms with Crippen LogP contribution in [0.25, 0.3) is 0 Å². The molecule has 5 heteroatoms. The lowest BCUT2D eigenvalue weighted by Gasteiger charge is -2.22. The first-order chi connectivity index (χ1) is 12.0. The van der Waals surface area contributed by atoms with Crippen LogP contribution in [0.1, 0.15) is 24.0 Å². The number of rotatable bonds is 7. The second kappa shape index (κ2) is 7.89. The van der Waals surface area contributed by atoms with Gasteiger partial charge < -0.3 is 10.1 Å². The van der Waals surface area contributed by atoms with Gasteiger partial charge >= 0.3 is 0 Å². The first-order valence-electron chi connectivity index (χ1n) is 8.48. The van der Waals surface area contributed by atoms with Crippen LogP contribution in [0.5, 0.6) is 5.75 Å². The fourth-order valence-corrected chi connectivity index (χ4v) is 3.10. The van der Waals surface area contributed by atoms with E-state index in [4.69, 9.17) is 16.3 Å². The van der Waals surface area contributed by atoms with Gasteiger partial charge in [0.2, 0.25) is 5.91 Å². The van der Waals surface area contributed by atoms with Gasteiger partial charge in [0.15, 0.2) is 0 Å². The SMILES string of the molecule is COc1ccc(CN(CC(=O)Nc2ccc(C)cc2Cl)C2CC2)cc1. The third kappa shape index (κ3) is 4.97. The van der Waals surface area contributed by atoms with Gasteiger partial charge in [-0.15, -0.1) is 0 Å². The lowest BCUT2D eigenvalue weighted by atomic mass is 10.2. The van der Waals surface area contributed by atoms with Crippen molar-refractivity contribution in [3.8, 4) is 5.75 Å². The Balaban J connectivity index is 1.62. The van der Waals surface area contributed by atoms with Gasteiger partial charge in [0.25, 0.3) is 0 Å². The smallest absolute Gasteiger partial charge is 0.238 e. The Bertz CT molecular complexity index is 742. The van der Waals surface area contributed by atoms with E-state index in [1.807, 2.05) is 49.4 Å². The summed E-state index contributed by atoms with van der Waals surface area (Å²) in [5.74, 6) is 0.805. The van der Waals surface area contributed by atoms with Gasteiger partial charge in [0, 0.05) is 12.6 Å². The van der Waals surface area contributed by atoms with Crippen molar-refractivity contribution >= 4 is 23.2 Å². The maximum absolute atomic E-state index is 12.5. The van der Waals surface area contributed by atoms with Crippen molar-refractivity contribution in [3.63, 3.8) is 0 Å². The molecule has 0 atom stereocenters. The Morgan fingerprint density at radius 3 is 2.56 bits per heavy atom. The van der Waals surface area contributed by atoms with Gasteiger partial charge in [0.1, 0.15) is 5.75 Å². The van der Waals surface area contributed by atoms with Crippen molar-refractivity contribution < 1.29 is 9.53 Å². The zero-order valence-electron chi connectivity index (χ0n) is 14.6. The van der Waals surface area contributed by atoms with Crippen molar-refractivity contribution in [1.82, 2.24) is 4.90 Å². The van der Waals surface area contributed by atoms with Crippen LogP contribution in [-0.2, 0) is 11.3 Å². The highest BCUT2D eigenvalue weighted by atomic mass is 35.5. The largest absolute Gasteiger partial charge is 0.497 e. The molecule has 4 nitrogen and oxygen atoms in total. The molecule has 2 aromatic rings. The zero-order chi connectivity index (χ0) is 17.8. The van der Waals surface area contributed by atoms with Gasteiger partial charge in [0.05, 0.1) is 24.4 Å². The zero-order valence-corrected chi connectivity index (χ0v) is 15.3. The fraction of sp³-hybridized carbons (Fsp3) is 0.350. The lowest BCUT2D eigenvalue weighted by Crippen LogP contribution is -2.34. The molecule has 0 aliphatic heterocycles. The molecule has 1 saturated carbocycles. The summed E-state index contributed by atoms with van der Waals surface area (Å²) in [4.78, 5) is 14.7. The number of carbonyl (C=O) groups excluding carboxylic acids is 1. The van der Waals surface area contributed by atoms with Gasteiger partial charge in [-0.2, -0.15) is 0 Å². The predicted molar refractivity (Wildman–Crippen MR) is 101 cm³/mol. The summed E-state index contributed by atoms with van der Waals surface area (Å²) in [6, 6.07) is 14.1. The number of methoxy groups -OCH3 is 1. The molecule has 0 aromatic heterocycles. The van der Waals surface area contributed by atoms with Crippen LogP contribution in [0, 0.1) is 6.92 Å². The number of hydrogen-bond donors (Lipinski definition) is 1. The van der Waals surface area contributed by atoms with E-state index in [-0.39, 0.29) is 5.91 Å². The van der Waals surface area contributed by atoms with Crippen LogP contribution in [0.3, 0.4) is 0 Å². The van der Waals surface area contributed by atoms with Crippen LogP contribution in [0.2, 0.25) is 5.02 Å². The van der Waals surface area contributed by atoms with Crippen LogP contribution in [-0.4, -0.2) is 30.5 Å². The first kappa shape index (κ1) is 17.8. The normalized spacial score (nSPS) is 13.8. The molecule has 1 fully saturated rings. The van der Waals surface area contributed by atoms with Gasteiger partial charge in [-0.1, -0.05) is 29.8 Å². The number of anilines is 1. The third-order valence-electron chi connectivity index (χ3n) is 4.35. The molecular formula is C20H23ClN2O2. The van der Waals surface area contributed by atoms with E-state index in [0.29, 0.717) is 23.3 Å². The van der Waals surface area contributed by atoms with Crippen LogP contribution in [0.4, 0.5) is 5.69 Å². The maximum atomic E-state index is 12.5. The lowest BCUT2D eigenvalue weighted by molar-refractivity contribution is -0.117. The molecule has 1 N–H and O–H groups in total. The van der Waals surface area contributed by atoms with Gasteiger partial charge in [-0.3, -0.25) is 9.69 Å². The maximum Gasteiger partial charge on any atom is 0.238 e. The molecule has 0 unspecified atom stereocenters. The summed E-state index contributed by atoms with van der Waals surface area (Å²) < 4.78 is 5.19. The molecule has 0 radical (unpaired) electrons. The van der Waals surface area contributed by atoms with Crippen LogP contribution in [0.15, 0.2) is 42.5 Å². The minimum atomic E-state index is -0.0360. The molecule has 0 saturated heterocycles. The number of benzene rings is 2. The minimum absolute atomic E-state index is 0.0360.